The molecular weight excluding hydrogens is 630 g/mol. The number of carboxylic acids is 1. The van der Waals surface area contributed by atoms with Gasteiger partial charge in [-0.05, 0) is 74.6 Å². The quantitative estimate of drug-likeness (QED) is 0.234. The minimum atomic E-state index is -9.99. The lowest BCUT2D eigenvalue weighted by Gasteiger charge is -2.41. The summed E-state index contributed by atoms with van der Waals surface area (Å²) in [5, 5.41) is 14.3. The first-order valence-corrected chi connectivity index (χ1v) is 16.5. The molecule has 0 aromatic heterocycles. The zero-order chi connectivity index (χ0) is 33.4. The predicted octanol–water partition coefficient (Wildman–Crippen LogP) is 7.93. The normalized spacial score (nSPS) is 27.0. The van der Waals surface area contributed by atoms with Crippen LogP contribution in [0.1, 0.15) is 62.7 Å². The standard InChI is InChI=1S/C30H36F6N2O6S/c1-16-7-8-17(2)27(26(16)29(40)37-19-5-4-6-21(13-19)45(32,33,34,35)36)38-28(39)22-14-25(23(31)15-24(22)43-3)44-20-11-9-18(10-12-20)30(41)42/h4-6,13-18,20,26-27H,7-12H2,1-3H3,(H,37,40)(H,38,39)(H,41,42)/t16-,17+,18?,20?,26+,27-/m1/s1. The van der Waals surface area contributed by atoms with Crippen LogP contribution in [0.15, 0.2) is 41.3 Å². The molecule has 2 aromatic carbocycles. The highest BCUT2D eigenvalue weighted by molar-refractivity contribution is 8.45. The molecule has 0 spiro atoms. The van der Waals surface area contributed by atoms with Gasteiger partial charge in [-0.1, -0.05) is 39.3 Å². The number of methoxy groups -OCH3 is 1. The van der Waals surface area contributed by atoms with Crippen molar-refractivity contribution in [2.45, 2.75) is 69.4 Å². The van der Waals surface area contributed by atoms with E-state index in [2.05, 4.69) is 10.6 Å². The largest absolute Gasteiger partial charge is 0.496 e. The van der Waals surface area contributed by atoms with Crippen molar-refractivity contribution in [3.8, 4) is 11.5 Å². The topological polar surface area (TPSA) is 114 Å². The van der Waals surface area contributed by atoms with Crippen molar-refractivity contribution in [3.05, 3.63) is 47.8 Å². The predicted molar refractivity (Wildman–Crippen MR) is 156 cm³/mol. The molecule has 0 radical (unpaired) electrons. The van der Waals surface area contributed by atoms with Gasteiger partial charge in [-0.3, -0.25) is 14.4 Å². The van der Waals surface area contributed by atoms with Crippen LogP contribution in [0.25, 0.3) is 0 Å². The van der Waals surface area contributed by atoms with Crippen LogP contribution in [-0.4, -0.2) is 42.1 Å². The molecule has 2 aliphatic carbocycles. The molecule has 2 aromatic rings. The number of ether oxygens (including phenoxy) is 2. The van der Waals surface area contributed by atoms with Gasteiger partial charge in [0, 0.05) is 17.8 Å². The summed E-state index contributed by atoms with van der Waals surface area (Å²) in [6.45, 7) is 3.53. The fourth-order valence-electron chi connectivity index (χ4n) is 6.09. The summed E-state index contributed by atoms with van der Waals surface area (Å²) >= 11 is 0. The van der Waals surface area contributed by atoms with E-state index in [1.165, 1.54) is 13.2 Å². The molecule has 0 unspecified atom stereocenters. The average Bonchev–Trinajstić information content (AvgIpc) is 2.95. The summed E-state index contributed by atoms with van der Waals surface area (Å²) in [6.07, 6.45) is 2.16. The van der Waals surface area contributed by atoms with Crippen molar-refractivity contribution >= 4 is 33.7 Å². The second-order valence-electron chi connectivity index (χ2n) is 12.0. The summed E-state index contributed by atoms with van der Waals surface area (Å²) in [7, 11) is -8.76. The van der Waals surface area contributed by atoms with Crippen LogP contribution in [0.4, 0.5) is 29.5 Å². The van der Waals surface area contributed by atoms with Gasteiger partial charge in [0.1, 0.15) is 10.6 Å². The monoisotopic (exact) mass is 666 g/mol. The van der Waals surface area contributed by atoms with Crippen LogP contribution in [-0.2, 0) is 9.59 Å². The maximum atomic E-state index is 14.9. The molecule has 45 heavy (non-hydrogen) atoms. The number of carbonyl (C=O) groups excluding carboxylic acids is 2. The Balaban J connectivity index is 1.55. The van der Waals surface area contributed by atoms with Crippen molar-refractivity contribution in [1.29, 1.82) is 0 Å². The molecule has 0 saturated heterocycles. The van der Waals surface area contributed by atoms with Crippen molar-refractivity contribution < 1.29 is 52.8 Å². The Labute approximate surface area is 256 Å². The lowest BCUT2D eigenvalue weighted by Crippen LogP contribution is -2.53. The fourth-order valence-corrected chi connectivity index (χ4v) is 6.78. The molecule has 0 heterocycles. The Morgan fingerprint density at radius 2 is 1.53 bits per heavy atom. The molecular formula is C30H36F6N2O6S. The number of carbonyl (C=O) groups is 3. The maximum Gasteiger partial charge on any atom is 0.310 e. The fraction of sp³-hybridized carbons (Fsp3) is 0.500. The third kappa shape index (κ3) is 8.16. The lowest BCUT2D eigenvalue weighted by atomic mass is 9.71. The number of hydrogen-bond acceptors (Lipinski definition) is 5. The molecule has 8 nitrogen and oxygen atoms in total. The molecule has 3 N–H and O–H groups in total. The minimum absolute atomic E-state index is 0.0960. The molecule has 0 bridgehead atoms. The summed E-state index contributed by atoms with van der Waals surface area (Å²) < 4.78 is 92.8. The number of halogens is 6. The molecule has 2 amide bonds. The number of nitrogens with one attached hydrogen (secondary N) is 2. The van der Waals surface area contributed by atoms with E-state index in [0.717, 1.165) is 18.2 Å². The van der Waals surface area contributed by atoms with Crippen molar-refractivity contribution in [1.82, 2.24) is 5.32 Å². The maximum absolute atomic E-state index is 14.9. The van der Waals surface area contributed by atoms with E-state index >= 15 is 0 Å². The Morgan fingerprint density at radius 1 is 0.889 bits per heavy atom. The van der Waals surface area contributed by atoms with Crippen LogP contribution >= 0.6 is 10.2 Å². The Morgan fingerprint density at radius 3 is 2.13 bits per heavy atom. The molecule has 0 aliphatic heterocycles. The van der Waals surface area contributed by atoms with E-state index in [4.69, 9.17) is 9.47 Å². The van der Waals surface area contributed by atoms with Gasteiger partial charge in [0.15, 0.2) is 11.6 Å². The SMILES string of the molecule is COc1cc(F)c(OC2CCC(C(=O)O)CC2)cc1C(=O)N[C@H]1[C@@H](C(=O)Nc2cccc(S(F)(F)(F)(F)F)c2)[C@H](C)CC[C@@H]1C. The zero-order valence-electron chi connectivity index (χ0n) is 24.8. The van der Waals surface area contributed by atoms with Crippen LogP contribution in [0, 0.1) is 29.5 Å². The van der Waals surface area contributed by atoms with Gasteiger partial charge < -0.3 is 25.2 Å². The van der Waals surface area contributed by atoms with Crippen LogP contribution in [0.3, 0.4) is 0 Å². The first-order valence-electron chi connectivity index (χ1n) is 14.5. The van der Waals surface area contributed by atoms with Crippen LogP contribution in [0.2, 0.25) is 0 Å². The smallest absolute Gasteiger partial charge is 0.310 e. The van der Waals surface area contributed by atoms with Gasteiger partial charge >= 0.3 is 16.2 Å². The number of rotatable bonds is 9. The number of amides is 2. The highest BCUT2D eigenvalue weighted by atomic mass is 32.5. The second kappa shape index (κ2) is 12.0. The minimum Gasteiger partial charge on any atom is -0.496 e. The second-order valence-corrected chi connectivity index (χ2v) is 14.4. The average molecular weight is 667 g/mol. The Hall–Kier alpha value is -3.62. The van der Waals surface area contributed by atoms with E-state index in [1.54, 1.807) is 13.8 Å². The number of anilines is 1. The van der Waals surface area contributed by atoms with Gasteiger partial charge in [-0.25, -0.2) is 4.39 Å². The number of aliphatic carboxylic acids is 1. The number of hydrogen-bond donors (Lipinski definition) is 3. The Kier molecular flexibility index (Phi) is 9.10. The third-order valence-electron chi connectivity index (χ3n) is 8.65. The summed E-state index contributed by atoms with van der Waals surface area (Å²) in [6, 6.07) is 3.58. The number of benzene rings is 2. The molecule has 4 rings (SSSR count). The van der Waals surface area contributed by atoms with E-state index in [1.807, 2.05) is 0 Å². The first-order chi connectivity index (χ1) is 20.8. The van der Waals surface area contributed by atoms with Gasteiger partial charge in [0.25, 0.3) is 5.91 Å². The van der Waals surface area contributed by atoms with E-state index in [-0.39, 0.29) is 41.0 Å². The molecule has 15 heteroatoms. The highest BCUT2D eigenvalue weighted by Crippen LogP contribution is 3.02. The van der Waals surface area contributed by atoms with Crippen LogP contribution in [0.5, 0.6) is 11.5 Å². The molecule has 2 fully saturated rings. The first kappa shape index (κ1) is 34.3. The summed E-state index contributed by atoms with van der Waals surface area (Å²) in [4.78, 5) is 36.1. The van der Waals surface area contributed by atoms with Crippen molar-refractivity contribution in [2.24, 2.45) is 23.7 Å². The van der Waals surface area contributed by atoms with Gasteiger partial charge in [-0.15, -0.1) is 0 Å². The van der Waals surface area contributed by atoms with Gasteiger partial charge in [0.05, 0.1) is 30.6 Å². The highest BCUT2D eigenvalue weighted by Gasteiger charge is 2.65. The molecule has 2 aliphatic rings. The number of carboxylic acid groups (broad SMARTS) is 1. The van der Waals surface area contributed by atoms with Crippen molar-refractivity contribution in [2.75, 3.05) is 12.4 Å². The summed E-state index contributed by atoms with van der Waals surface area (Å²) in [5.74, 6) is -5.61. The van der Waals surface area contributed by atoms with Crippen molar-refractivity contribution in [3.63, 3.8) is 0 Å². The third-order valence-corrected chi connectivity index (χ3v) is 9.80. The lowest BCUT2D eigenvalue weighted by molar-refractivity contribution is -0.143. The van der Waals surface area contributed by atoms with Gasteiger partial charge in [-0.2, -0.15) is 0 Å². The molecule has 4 atom stereocenters. The zero-order valence-corrected chi connectivity index (χ0v) is 25.7. The molecule has 250 valence electrons. The van der Waals surface area contributed by atoms with E-state index in [9.17, 15) is 43.3 Å². The van der Waals surface area contributed by atoms with E-state index < -0.39 is 68.4 Å². The Bertz CT molecular complexity index is 1470. The van der Waals surface area contributed by atoms with Crippen LogP contribution < -0.4 is 20.1 Å². The summed E-state index contributed by atoms with van der Waals surface area (Å²) in [5.41, 5.74) is -0.568. The van der Waals surface area contributed by atoms with E-state index in [0.29, 0.717) is 38.5 Å². The molecule has 2 saturated carbocycles. The van der Waals surface area contributed by atoms with Gasteiger partial charge in [0.2, 0.25) is 5.91 Å².